The van der Waals surface area contributed by atoms with Gasteiger partial charge in [-0.3, -0.25) is 0 Å². The van der Waals surface area contributed by atoms with Gasteiger partial charge in [0.05, 0.1) is 7.11 Å². The number of methoxy groups -OCH3 is 1. The largest absolute Gasteiger partial charge is 0.464 e. The van der Waals surface area contributed by atoms with Gasteiger partial charge < -0.3 is 9.57 Å². The van der Waals surface area contributed by atoms with E-state index in [0.717, 1.165) is 5.56 Å². The Labute approximate surface area is 105 Å². The van der Waals surface area contributed by atoms with Crippen molar-refractivity contribution in [3.8, 4) is 0 Å². The average Bonchev–Trinajstić information content (AvgIpc) is 2.26. The lowest BCUT2D eigenvalue weighted by Crippen LogP contribution is -2.18. The van der Waals surface area contributed by atoms with Crippen LogP contribution in [0.2, 0.25) is 0 Å². The van der Waals surface area contributed by atoms with Crippen LogP contribution in [0.4, 0.5) is 0 Å². The summed E-state index contributed by atoms with van der Waals surface area (Å²) in [5, 5.41) is 3.67. The van der Waals surface area contributed by atoms with E-state index in [1.807, 2.05) is 25.1 Å². The van der Waals surface area contributed by atoms with Crippen molar-refractivity contribution in [2.45, 2.75) is 6.92 Å². The summed E-state index contributed by atoms with van der Waals surface area (Å²) in [6, 6.07) is 7.41. The molecule has 0 radical (unpaired) electrons. The molecule has 0 saturated heterocycles. The normalized spacial score (nSPS) is 10.3. The Morgan fingerprint density at radius 2 is 1.88 bits per heavy atom. The van der Waals surface area contributed by atoms with Crippen LogP contribution in [0.3, 0.4) is 0 Å². The van der Waals surface area contributed by atoms with Gasteiger partial charge >= 0.3 is 5.97 Å². The maximum Gasteiger partial charge on any atom is 0.360 e. The van der Waals surface area contributed by atoms with Gasteiger partial charge in [-0.1, -0.05) is 29.4 Å². The lowest BCUT2D eigenvalue weighted by atomic mass is 10.0. The van der Waals surface area contributed by atoms with Crippen molar-refractivity contribution in [1.82, 2.24) is 0 Å². The van der Waals surface area contributed by atoms with Crippen LogP contribution in [0.5, 0.6) is 0 Å². The molecule has 0 saturated carbocycles. The molecule has 0 aliphatic heterocycles. The predicted octanol–water partition coefficient (Wildman–Crippen LogP) is 2.10. The smallest absolute Gasteiger partial charge is 0.360 e. The monoisotopic (exact) mass is 287 g/mol. The van der Waals surface area contributed by atoms with Crippen molar-refractivity contribution in [3.63, 3.8) is 0 Å². The third-order valence-electron chi connectivity index (χ3n) is 1.96. The van der Waals surface area contributed by atoms with E-state index in [0.29, 0.717) is 5.56 Å². The fraction of sp³-hybridized carbons (Fsp3) is 0.273. The summed E-state index contributed by atoms with van der Waals surface area (Å²) in [6.07, 6.45) is 0. The molecule has 0 spiro atoms. The number of rotatable bonds is 3. The standard InChI is InChI=1S/C11H13NO3.BrH/c1-8-6-4-5-7-9(8)10(12-15-3)11(13)14-2;/h4-7H,1-3H3;1H. The number of oxime groups is 1. The lowest BCUT2D eigenvalue weighted by Gasteiger charge is -2.06. The molecule has 1 rings (SSSR count). The number of halogens is 1. The Morgan fingerprint density at radius 1 is 1.25 bits per heavy atom. The van der Waals surface area contributed by atoms with Crippen LogP contribution >= 0.6 is 17.0 Å². The van der Waals surface area contributed by atoms with E-state index < -0.39 is 5.97 Å². The summed E-state index contributed by atoms with van der Waals surface area (Å²) in [4.78, 5) is 16.0. The number of hydrogen-bond donors (Lipinski definition) is 0. The van der Waals surface area contributed by atoms with Gasteiger partial charge in [0.25, 0.3) is 0 Å². The Kier molecular flexibility index (Phi) is 6.41. The fourth-order valence-corrected chi connectivity index (χ4v) is 1.22. The highest BCUT2D eigenvalue weighted by atomic mass is 79.9. The van der Waals surface area contributed by atoms with Gasteiger partial charge in [-0.05, 0) is 12.5 Å². The first-order valence-corrected chi connectivity index (χ1v) is 4.46. The molecule has 1 aromatic carbocycles. The summed E-state index contributed by atoms with van der Waals surface area (Å²) < 4.78 is 4.62. The summed E-state index contributed by atoms with van der Waals surface area (Å²) in [6.45, 7) is 1.89. The van der Waals surface area contributed by atoms with Crippen molar-refractivity contribution in [1.29, 1.82) is 0 Å². The number of carbonyl (C=O) groups excluding carboxylic acids is 1. The molecule has 0 fully saturated rings. The highest BCUT2D eigenvalue weighted by Gasteiger charge is 2.16. The van der Waals surface area contributed by atoms with Crippen molar-refractivity contribution in [2.75, 3.05) is 14.2 Å². The predicted molar refractivity (Wildman–Crippen MR) is 67.1 cm³/mol. The van der Waals surface area contributed by atoms with Crippen LogP contribution in [0.15, 0.2) is 29.4 Å². The van der Waals surface area contributed by atoms with Gasteiger partial charge in [0.2, 0.25) is 0 Å². The molecular weight excluding hydrogens is 274 g/mol. The van der Waals surface area contributed by atoms with Gasteiger partial charge in [0.1, 0.15) is 7.11 Å². The number of nitrogens with zero attached hydrogens (tertiary/aromatic N) is 1. The second-order valence-corrected chi connectivity index (χ2v) is 2.93. The highest BCUT2D eigenvalue weighted by Crippen LogP contribution is 2.09. The summed E-state index contributed by atoms with van der Waals surface area (Å²) in [7, 11) is 2.70. The molecule has 0 aliphatic rings. The zero-order chi connectivity index (χ0) is 11.3. The van der Waals surface area contributed by atoms with Crippen molar-refractivity contribution >= 4 is 28.7 Å². The van der Waals surface area contributed by atoms with E-state index in [4.69, 9.17) is 0 Å². The molecule has 16 heavy (non-hydrogen) atoms. The second-order valence-electron chi connectivity index (χ2n) is 2.93. The SMILES string of the molecule is Br.CON=C(C(=O)OC)c1ccccc1C. The third-order valence-corrected chi connectivity index (χ3v) is 1.96. The molecule has 0 N–H and O–H groups in total. The third kappa shape index (κ3) is 3.34. The summed E-state index contributed by atoms with van der Waals surface area (Å²) in [5.74, 6) is -0.508. The average molecular weight is 288 g/mol. The van der Waals surface area contributed by atoms with Crippen LogP contribution < -0.4 is 0 Å². The molecule has 0 unspecified atom stereocenters. The first-order valence-electron chi connectivity index (χ1n) is 4.46. The number of benzene rings is 1. The molecule has 0 aliphatic carbocycles. The zero-order valence-electron chi connectivity index (χ0n) is 9.39. The van der Waals surface area contributed by atoms with Gasteiger partial charge in [-0.2, -0.15) is 0 Å². The minimum absolute atomic E-state index is 0. The molecule has 5 heteroatoms. The van der Waals surface area contributed by atoms with Gasteiger partial charge in [0.15, 0.2) is 5.71 Å². The summed E-state index contributed by atoms with van der Waals surface area (Å²) in [5.41, 5.74) is 1.84. The van der Waals surface area contributed by atoms with Gasteiger partial charge in [0, 0.05) is 5.56 Å². The highest BCUT2D eigenvalue weighted by molar-refractivity contribution is 8.93. The Morgan fingerprint density at radius 3 is 2.38 bits per heavy atom. The van der Waals surface area contributed by atoms with Crippen LogP contribution in [-0.4, -0.2) is 25.9 Å². The van der Waals surface area contributed by atoms with Crippen molar-refractivity contribution in [2.24, 2.45) is 5.16 Å². The van der Waals surface area contributed by atoms with Crippen LogP contribution in [0.1, 0.15) is 11.1 Å². The molecule has 0 aromatic heterocycles. The molecule has 4 nitrogen and oxygen atoms in total. The van der Waals surface area contributed by atoms with Crippen molar-refractivity contribution < 1.29 is 14.4 Å². The Hall–Kier alpha value is -1.36. The number of ether oxygens (including phenoxy) is 1. The van der Waals surface area contributed by atoms with Gasteiger partial charge in [-0.25, -0.2) is 4.79 Å². The molecule has 0 atom stereocenters. The van der Waals surface area contributed by atoms with E-state index in [9.17, 15) is 4.79 Å². The zero-order valence-corrected chi connectivity index (χ0v) is 11.1. The van der Waals surface area contributed by atoms with Gasteiger partial charge in [-0.15, -0.1) is 17.0 Å². The van der Waals surface area contributed by atoms with Crippen LogP contribution in [-0.2, 0) is 14.4 Å². The Balaban J connectivity index is 0.00000225. The van der Waals surface area contributed by atoms with Crippen molar-refractivity contribution in [3.05, 3.63) is 35.4 Å². The molecule has 1 aromatic rings. The number of carbonyl (C=O) groups is 1. The Bertz CT molecular complexity index is 391. The minimum atomic E-state index is -0.508. The first kappa shape index (κ1) is 14.6. The van der Waals surface area contributed by atoms with E-state index in [1.54, 1.807) is 6.07 Å². The van der Waals surface area contributed by atoms with Crippen LogP contribution in [0, 0.1) is 6.92 Å². The lowest BCUT2D eigenvalue weighted by molar-refractivity contribution is -0.132. The minimum Gasteiger partial charge on any atom is -0.464 e. The molecule has 0 bridgehead atoms. The second kappa shape index (κ2) is 7.00. The van der Waals surface area contributed by atoms with E-state index >= 15 is 0 Å². The molecule has 88 valence electrons. The fourth-order valence-electron chi connectivity index (χ4n) is 1.22. The maximum atomic E-state index is 11.4. The molecule has 0 amide bonds. The summed E-state index contributed by atoms with van der Waals surface area (Å²) >= 11 is 0. The van der Waals surface area contributed by atoms with Crippen LogP contribution in [0.25, 0.3) is 0 Å². The number of hydrogen-bond acceptors (Lipinski definition) is 4. The van der Waals surface area contributed by atoms with E-state index in [1.165, 1.54) is 14.2 Å². The van der Waals surface area contributed by atoms with E-state index in [-0.39, 0.29) is 22.7 Å². The first-order chi connectivity index (χ1) is 7.20. The quantitative estimate of drug-likeness (QED) is 0.486. The number of esters is 1. The topological polar surface area (TPSA) is 47.9 Å². The molecular formula is C11H14BrNO3. The maximum absolute atomic E-state index is 11.4. The van der Waals surface area contributed by atoms with E-state index in [2.05, 4.69) is 14.7 Å². The molecule has 0 heterocycles. The number of aryl methyl sites for hydroxylation is 1.